The maximum Gasteiger partial charge on any atom is 0.124 e. The first-order valence-electron chi connectivity index (χ1n) is 9.86. The average molecular weight is 357 g/mol. The molecule has 1 aromatic carbocycles. The summed E-state index contributed by atoms with van der Waals surface area (Å²) in [6.45, 7) is 3.99. The third kappa shape index (κ3) is 3.69. The lowest BCUT2D eigenvalue weighted by molar-refractivity contribution is 0.00994. The van der Waals surface area contributed by atoms with Gasteiger partial charge in [-0.25, -0.2) is 4.39 Å². The van der Waals surface area contributed by atoms with E-state index >= 15 is 0 Å². The minimum Gasteiger partial charge on any atom is -0.391 e. The molecule has 4 nitrogen and oxygen atoms in total. The van der Waals surface area contributed by atoms with E-state index in [1.807, 2.05) is 13.0 Å². The van der Waals surface area contributed by atoms with Crippen molar-refractivity contribution in [2.24, 2.45) is 0 Å². The Morgan fingerprint density at radius 2 is 1.88 bits per heavy atom. The lowest BCUT2D eigenvalue weighted by Gasteiger charge is -2.41. The zero-order valence-electron chi connectivity index (χ0n) is 15.4. The highest BCUT2D eigenvalue weighted by Gasteiger charge is 2.31. The van der Waals surface area contributed by atoms with Crippen LogP contribution in [0.15, 0.2) is 24.3 Å². The van der Waals surface area contributed by atoms with Gasteiger partial charge < -0.3 is 10.4 Å². The van der Waals surface area contributed by atoms with Crippen LogP contribution in [0.25, 0.3) is 10.9 Å². The molecule has 140 valence electrons. The molecule has 0 spiro atoms. The molecule has 2 fully saturated rings. The number of aryl methyl sites for hydroxylation is 1. The Balaban J connectivity index is 1.44. The van der Waals surface area contributed by atoms with Crippen molar-refractivity contribution in [2.45, 2.75) is 63.6 Å². The number of anilines is 1. The Morgan fingerprint density at radius 3 is 2.65 bits per heavy atom. The van der Waals surface area contributed by atoms with Gasteiger partial charge in [0.25, 0.3) is 0 Å². The number of nitrogens with one attached hydrogen (secondary N) is 1. The van der Waals surface area contributed by atoms with Crippen LogP contribution in [0.2, 0.25) is 0 Å². The van der Waals surface area contributed by atoms with Crippen molar-refractivity contribution in [2.75, 3.05) is 18.4 Å². The van der Waals surface area contributed by atoms with Crippen molar-refractivity contribution in [1.29, 1.82) is 0 Å². The van der Waals surface area contributed by atoms with Gasteiger partial charge in [-0.2, -0.15) is 0 Å². The van der Waals surface area contributed by atoms with Crippen LogP contribution in [-0.2, 0) is 0 Å². The lowest BCUT2D eigenvalue weighted by atomic mass is 9.89. The van der Waals surface area contributed by atoms with Crippen molar-refractivity contribution < 1.29 is 9.50 Å². The Labute approximate surface area is 154 Å². The summed E-state index contributed by atoms with van der Waals surface area (Å²) < 4.78 is 13.7. The van der Waals surface area contributed by atoms with E-state index in [1.54, 1.807) is 12.1 Å². The van der Waals surface area contributed by atoms with E-state index in [0.29, 0.717) is 12.1 Å². The van der Waals surface area contributed by atoms with E-state index in [9.17, 15) is 9.50 Å². The number of nitrogens with zero attached hydrogens (tertiary/aromatic N) is 2. The molecule has 0 amide bonds. The quantitative estimate of drug-likeness (QED) is 0.876. The van der Waals surface area contributed by atoms with E-state index in [0.717, 1.165) is 67.5 Å². The first kappa shape index (κ1) is 17.7. The number of rotatable bonds is 3. The van der Waals surface area contributed by atoms with Gasteiger partial charge in [0.05, 0.1) is 11.6 Å². The first-order valence-corrected chi connectivity index (χ1v) is 9.86. The molecule has 4 rings (SSSR count). The monoisotopic (exact) mass is 357 g/mol. The summed E-state index contributed by atoms with van der Waals surface area (Å²) >= 11 is 0. The van der Waals surface area contributed by atoms with Crippen LogP contribution in [0, 0.1) is 12.7 Å². The second kappa shape index (κ2) is 7.49. The van der Waals surface area contributed by atoms with Gasteiger partial charge in [-0.3, -0.25) is 9.88 Å². The Morgan fingerprint density at radius 1 is 1.12 bits per heavy atom. The van der Waals surface area contributed by atoms with E-state index in [1.165, 1.54) is 12.5 Å². The molecule has 1 saturated carbocycles. The van der Waals surface area contributed by atoms with Crippen molar-refractivity contribution in [3.8, 4) is 0 Å². The van der Waals surface area contributed by atoms with Crippen LogP contribution in [0.3, 0.4) is 0 Å². The van der Waals surface area contributed by atoms with Gasteiger partial charge in [0.2, 0.25) is 0 Å². The number of benzene rings is 1. The van der Waals surface area contributed by atoms with Crippen LogP contribution in [0.4, 0.5) is 10.1 Å². The fourth-order valence-electron chi connectivity index (χ4n) is 4.56. The van der Waals surface area contributed by atoms with Crippen LogP contribution < -0.4 is 5.32 Å². The molecule has 1 aromatic heterocycles. The molecule has 2 atom stereocenters. The van der Waals surface area contributed by atoms with Gasteiger partial charge in [-0.05, 0) is 56.9 Å². The number of piperidine rings is 1. The fourth-order valence-corrected chi connectivity index (χ4v) is 4.56. The molecule has 2 heterocycles. The van der Waals surface area contributed by atoms with E-state index in [4.69, 9.17) is 0 Å². The molecule has 5 heteroatoms. The topological polar surface area (TPSA) is 48.4 Å². The third-order valence-corrected chi connectivity index (χ3v) is 5.95. The minimum absolute atomic E-state index is 0.164. The molecule has 0 bridgehead atoms. The van der Waals surface area contributed by atoms with Crippen LogP contribution in [0.5, 0.6) is 0 Å². The number of hydrogen-bond donors (Lipinski definition) is 2. The zero-order chi connectivity index (χ0) is 18.1. The molecule has 26 heavy (non-hydrogen) atoms. The van der Waals surface area contributed by atoms with Gasteiger partial charge in [0, 0.05) is 41.9 Å². The summed E-state index contributed by atoms with van der Waals surface area (Å²) in [5.41, 5.74) is 2.74. The predicted molar refractivity (Wildman–Crippen MR) is 103 cm³/mol. The predicted octanol–water partition coefficient (Wildman–Crippen LogP) is 3.86. The lowest BCUT2D eigenvalue weighted by Crippen LogP contribution is -2.50. The van der Waals surface area contributed by atoms with E-state index in [2.05, 4.69) is 15.2 Å². The van der Waals surface area contributed by atoms with Gasteiger partial charge in [-0.1, -0.05) is 12.8 Å². The van der Waals surface area contributed by atoms with Crippen molar-refractivity contribution >= 4 is 16.6 Å². The average Bonchev–Trinajstić information content (AvgIpc) is 2.63. The highest BCUT2D eigenvalue weighted by Crippen LogP contribution is 2.29. The van der Waals surface area contributed by atoms with E-state index < -0.39 is 0 Å². The number of aromatic nitrogens is 1. The maximum absolute atomic E-state index is 13.7. The largest absolute Gasteiger partial charge is 0.391 e. The molecule has 2 N–H and O–H groups in total. The molecule has 1 aliphatic heterocycles. The normalized spacial score (nSPS) is 25.5. The maximum atomic E-state index is 13.7. The molecule has 1 saturated heterocycles. The third-order valence-electron chi connectivity index (χ3n) is 5.95. The SMILES string of the molecule is Cc1cc(NC2CCN(C3CCCCC3O)CC2)c2cc(F)ccc2n1. The highest BCUT2D eigenvalue weighted by atomic mass is 19.1. The second-order valence-corrected chi connectivity index (χ2v) is 7.85. The van der Waals surface area contributed by atoms with Gasteiger partial charge in [0.1, 0.15) is 5.82 Å². The van der Waals surface area contributed by atoms with Gasteiger partial charge >= 0.3 is 0 Å². The highest BCUT2D eigenvalue weighted by molar-refractivity contribution is 5.91. The number of fused-ring (bicyclic) bond motifs is 1. The smallest absolute Gasteiger partial charge is 0.124 e. The zero-order valence-corrected chi connectivity index (χ0v) is 15.4. The molecule has 2 aromatic rings. The number of aliphatic hydroxyl groups excluding tert-OH is 1. The molecule has 0 radical (unpaired) electrons. The van der Waals surface area contributed by atoms with Gasteiger partial charge in [0.15, 0.2) is 0 Å². The number of halogens is 1. The molecular formula is C21H28FN3O. The summed E-state index contributed by atoms with van der Waals surface area (Å²) in [4.78, 5) is 6.98. The number of aliphatic hydroxyl groups is 1. The van der Waals surface area contributed by atoms with Crippen molar-refractivity contribution in [1.82, 2.24) is 9.88 Å². The van der Waals surface area contributed by atoms with Gasteiger partial charge in [-0.15, -0.1) is 0 Å². The molecule has 2 aliphatic rings. The van der Waals surface area contributed by atoms with Crippen molar-refractivity contribution in [3.05, 3.63) is 35.8 Å². The van der Waals surface area contributed by atoms with E-state index in [-0.39, 0.29) is 11.9 Å². The number of pyridine rings is 1. The summed E-state index contributed by atoms with van der Waals surface area (Å²) in [7, 11) is 0. The van der Waals surface area contributed by atoms with Crippen LogP contribution in [-0.4, -0.2) is 46.3 Å². The number of hydrogen-bond acceptors (Lipinski definition) is 4. The molecular weight excluding hydrogens is 329 g/mol. The number of likely N-dealkylation sites (tertiary alicyclic amines) is 1. The summed E-state index contributed by atoms with van der Waals surface area (Å²) in [6.07, 6.45) is 6.36. The minimum atomic E-state index is -0.229. The molecule has 1 aliphatic carbocycles. The fraction of sp³-hybridized carbons (Fsp3) is 0.571. The first-order chi connectivity index (χ1) is 12.6. The Bertz CT molecular complexity index is 773. The van der Waals surface area contributed by atoms with Crippen molar-refractivity contribution in [3.63, 3.8) is 0 Å². The Hall–Kier alpha value is -1.72. The molecule has 2 unspecified atom stereocenters. The summed E-state index contributed by atoms with van der Waals surface area (Å²) in [5.74, 6) is -0.229. The second-order valence-electron chi connectivity index (χ2n) is 7.85. The van der Waals surface area contributed by atoms with Crippen LogP contribution in [0.1, 0.15) is 44.2 Å². The standard InChI is InChI=1S/C21H28FN3O/c1-14-12-19(17-13-15(22)6-7-18(17)23-14)24-16-8-10-25(11-9-16)20-4-2-3-5-21(20)26/h6-7,12-13,16,20-21,26H,2-5,8-11H2,1H3,(H,23,24). The van der Waals surface area contributed by atoms with Crippen LogP contribution >= 0.6 is 0 Å². The Kier molecular flexibility index (Phi) is 5.09. The summed E-state index contributed by atoms with van der Waals surface area (Å²) in [6, 6.07) is 7.50. The summed E-state index contributed by atoms with van der Waals surface area (Å²) in [5, 5.41) is 14.8.